The molecule has 1 fully saturated rings. The Morgan fingerprint density at radius 3 is 2.60 bits per heavy atom. The molecular weight excluding hydrogens is 587 g/mol. The van der Waals surface area contributed by atoms with Gasteiger partial charge in [0.1, 0.15) is 23.7 Å². The Bertz CT molecular complexity index is 1750. The Balaban J connectivity index is 1.30. The van der Waals surface area contributed by atoms with Crippen LogP contribution in [-0.4, -0.2) is 65.4 Å². The first-order valence-corrected chi connectivity index (χ1v) is 14.1. The van der Waals surface area contributed by atoms with Crippen molar-refractivity contribution in [1.29, 1.82) is 5.26 Å². The molecular formula is C32H30F3N7O3. The number of ether oxygens (including phenoxy) is 1. The highest BCUT2D eigenvalue weighted by atomic mass is 19.4. The van der Waals surface area contributed by atoms with E-state index in [9.17, 15) is 22.8 Å². The fourth-order valence-corrected chi connectivity index (χ4v) is 5.49. The van der Waals surface area contributed by atoms with E-state index < -0.39 is 23.3 Å². The van der Waals surface area contributed by atoms with E-state index in [4.69, 9.17) is 10.00 Å². The third-order valence-corrected chi connectivity index (χ3v) is 7.76. The highest BCUT2D eigenvalue weighted by molar-refractivity contribution is 5.94. The van der Waals surface area contributed by atoms with Crippen LogP contribution in [0.2, 0.25) is 0 Å². The second-order valence-corrected chi connectivity index (χ2v) is 10.6. The van der Waals surface area contributed by atoms with Gasteiger partial charge in [0.25, 0.3) is 11.5 Å². The summed E-state index contributed by atoms with van der Waals surface area (Å²) in [5.41, 5.74) is -0.437. The van der Waals surface area contributed by atoms with Crippen LogP contribution in [0.5, 0.6) is 5.75 Å². The number of allylic oxidation sites excluding steroid dienone is 3. The number of hydrogen-bond donors (Lipinski definition) is 1. The van der Waals surface area contributed by atoms with Gasteiger partial charge < -0.3 is 19.4 Å². The molecule has 0 spiro atoms. The molecule has 1 saturated heterocycles. The van der Waals surface area contributed by atoms with Crippen molar-refractivity contribution in [3.63, 3.8) is 0 Å². The van der Waals surface area contributed by atoms with Crippen LogP contribution >= 0.6 is 0 Å². The first-order chi connectivity index (χ1) is 21.6. The number of nitrogens with one attached hydrogen (secondary N) is 1. The molecule has 1 aromatic heterocycles. The second kappa shape index (κ2) is 13.1. The van der Waals surface area contributed by atoms with E-state index in [1.807, 2.05) is 22.1 Å². The summed E-state index contributed by atoms with van der Waals surface area (Å²) >= 11 is 0. The van der Waals surface area contributed by atoms with Gasteiger partial charge in [0.05, 0.1) is 24.0 Å². The largest absolute Gasteiger partial charge is 0.491 e. The summed E-state index contributed by atoms with van der Waals surface area (Å²) < 4.78 is 47.9. The maximum atomic E-state index is 13.9. The molecule has 0 saturated carbocycles. The number of H-pyrrole nitrogens is 1. The third kappa shape index (κ3) is 6.75. The summed E-state index contributed by atoms with van der Waals surface area (Å²) in [6.07, 6.45) is -0.484. The minimum Gasteiger partial charge on any atom is -0.491 e. The molecule has 2 aliphatic heterocycles. The normalized spacial score (nSPS) is 17.1. The summed E-state index contributed by atoms with van der Waals surface area (Å²) in [5.74, 6) is 0.812. The van der Waals surface area contributed by atoms with Crippen molar-refractivity contribution >= 4 is 18.3 Å². The van der Waals surface area contributed by atoms with E-state index in [0.717, 1.165) is 17.3 Å². The molecule has 0 unspecified atom stereocenters. The Hall–Kier alpha value is -5.38. The van der Waals surface area contributed by atoms with Crippen molar-refractivity contribution in [3.8, 4) is 11.8 Å². The van der Waals surface area contributed by atoms with E-state index >= 15 is 0 Å². The first-order valence-electron chi connectivity index (χ1n) is 14.1. The Kier molecular flexibility index (Phi) is 9.03. The van der Waals surface area contributed by atoms with Crippen LogP contribution in [0.3, 0.4) is 0 Å². The lowest BCUT2D eigenvalue weighted by Gasteiger charge is -2.36. The third-order valence-electron chi connectivity index (χ3n) is 7.76. The molecule has 2 aliphatic rings. The Morgan fingerprint density at radius 1 is 1.16 bits per heavy atom. The number of aromatic nitrogens is 2. The standard InChI is InChI=1S/C32H30F3N7O3/c1-21(17-36)10-11-28(37-2)40-12-14-41(15-13-40)31(44)22-7-5-8-24(16-22)45-20-27-25-9-4-3-6-23(25)19-42(27)26-18-38-39-30(43)29(26)32(33,34)35/h3-11,16,18,27H,2,12-15,19-20H2,1H3,(H,39,43)/b21-10+,28-11+/t27-/m1/s1. The molecule has 0 bridgehead atoms. The van der Waals surface area contributed by atoms with E-state index in [1.54, 1.807) is 60.4 Å². The number of carbonyl (C=O) groups is 1. The fourth-order valence-electron chi connectivity index (χ4n) is 5.49. The second-order valence-electron chi connectivity index (χ2n) is 10.6. The number of piperazine rings is 1. The first kappa shape index (κ1) is 31.1. The van der Waals surface area contributed by atoms with Crippen LogP contribution in [0.4, 0.5) is 18.9 Å². The minimum atomic E-state index is -4.89. The number of anilines is 1. The number of carbonyl (C=O) groups excluding carboxylic acids is 1. The highest BCUT2D eigenvalue weighted by Crippen LogP contribution is 2.42. The van der Waals surface area contributed by atoms with Gasteiger partial charge in [0, 0.05) is 43.9 Å². The Labute approximate surface area is 257 Å². The van der Waals surface area contributed by atoms with E-state index in [2.05, 4.69) is 22.9 Å². The van der Waals surface area contributed by atoms with Crippen molar-refractivity contribution in [2.24, 2.45) is 4.99 Å². The summed E-state index contributed by atoms with van der Waals surface area (Å²) in [7, 11) is 0. The number of amides is 1. The van der Waals surface area contributed by atoms with Crippen LogP contribution in [0.25, 0.3) is 0 Å². The SMILES string of the molecule is C=N/C(=C\C=C(/C)C#N)N1CCN(C(=O)c2cccc(OC[C@@H]3c4ccccc4CN3c3cn[nH]c(=O)c3C(F)(F)F)c2)CC1. The van der Waals surface area contributed by atoms with Gasteiger partial charge >= 0.3 is 6.18 Å². The van der Waals surface area contributed by atoms with Crippen molar-refractivity contribution < 1.29 is 22.7 Å². The number of nitrogens with zero attached hydrogens (tertiary/aromatic N) is 6. The number of aliphatic imine (C=N–C) groups is 1. The van der Waals surface area contributed by atoms with Gasteiger partial charge in [-0.3, -0.25) is 9.59 Å². The van der Waals surface area contributed by atoms with Crippen molar-refractivity contribution in [3.05, 3.63) is 111 Å². The summed E-state index contributed by atoms with van der Waals surface area (Å²) in [6.45, 7) is 7.34. The molecule has 10 nitrogen and oxygen atoms in total. The van der Waals surface area contributed by atoms with E-state index in [0.29, 0.717) is 48.9 Å². The van der Waals surface area contributed by atoms with Gasteiger partial charge in [-0.15, -0.1) is 0 Å². The zero-order chi connectivity index (χ0) is 32.1. The lowest BCUT2D eigenvalue weighted by molar-refractivity contribution is -0.138. The Morgan fingerprint density at radius 2 is 1.89 bits per heavy atom. The number of aromatic amines is 1. The monoisotopic (exact) mass is 617 g/mol. The number of alkyl halides is 3. The predicted molar refractivity (Wildman–Crippen MR) is 162 cm³/mol. The highest BCUT2D eigenvalue weighted by Gasteiger charge is 2.42. The predicted octanol–water partition coefficient (Wildman–Crippen LogP) is 4.70. The molecule has 1 amide bonds. The van der Waals surface area contributed by atoms with Gasteiger partial charge in [-0.25, -0.2) is 10.1 Å². The zero-order valence-corrected chi connectivity index (χ0v) is 24.4. The molecule has 45 heavy (non-hydrogen) atoms. The summed E-state index contributed by atoms with van der Waals surface area (Å²) in [4.78, 5) is 34.8. The van der Waals surface area contributed by atoms with Gasteiger partial charge in [0.15, 0.2) is 0 Å². The fraction of sp³-hybridized carbons (Fsp3) is 0.281. The van der Waals surface area contributed by atoms with Gasteiger partial charge in [-0.1, -0.05) is 30.3 Å². The summed E-state index contributed by atoms with van der Waals surface area (Å²) in [5, 5.41) is 14.5. The topological polar surface area (TPSA) is 118 Å². The van der Waals surface area contributed by atoms with Crippen LogP contribution in [0.1, 0.15) is 40.0 Å². The summed E-state index contributed by atoms with van der Waals surface area (Å²) in [6, 6.07) is 15.3. The smallest absolute Gasteiger partial charge is 0.423 e. The zero-order valence-electron chi connectivity index (χ0n) is 24.4. The van der Waals surface area contributed by atoms with Crippen LogP contribution < -0.4 is 15.2 Å². The maximum Gasteiger partial charge on any atom is 0.423 e. The average Bonchev–Trinajstić information content (AvgIpc) is 3.41. The number of hydrogen-bond acceptors (Lipinski definition) is 8. The van der Waals surface area contributed by atoms with E-state index in [1.165, 1.54) is 4.90 Å². The van der Waals surface area contributed by atoms with Crippen molar-refractivity contribution in [2.45, 2.75) is 25.7 Å². The van der Waals surface area contributed by atoms with Crippen molar-refractivity contribution in [1.82, 2.24) is 20.0 Å². The molecule has 1 N–H and O–H groups in total. The number of nitriles is 1. The molecule has 0 radical (unpaired) electrons. The van der Waals surface area contributed by atoms with Crippen molar-refractivity contribution in [2.75, 3.05) is 37.7 Å². The average molecular weight is 618 g/mol. The maximum absolute atomic E-state index is 13.9. The van der Waals surface area contributed by atoms with Gasteiger partial charge in [0.2, 0.25) is 0 Å². The molecule has 3 heterocycles. The van der Waals surface area contributed by atoms with Gasteiger partial charge in [-0.05, 0) is 55.1 Å². The number of halogens is 3. The molecule has 2 aromatic carbocycles. The van der Waals surface area contributed by atoms with Crippen LogP contribution in [0, 0.1) is 11.3 Å². The molecule has 0 aliphatic carbocycles. The number of benzene rings is 2. The molecule has 5 rings (SSSR count). The molecule has 232 valence electrons. The lowest BCUT2D eigenvalue weighted by atomic mass is 10.1. The van der Waals surface area contributed by atoms with Crippen LogP contribution in [-0.2, 0) is 12.7 Å². The molecule has 3 aromatic rings. The minimum absolute atomic E-state index is 0.0409. The number of fused-ring (bicyclic) bond motifs is 1. The van der Waals surface area contributed by atoms with Gasteiger partial charge in [-0.2, -0.15) is 23.5 Å². The quantitative estimate of drug-likeness (QED) is 0.221. The number of rotatable bonds is 8. The molecule has 13 heteroatoms. The molecule has 1 atom stereocenters. The van der Waals surface area contributed by atoms with E-state index in [-0.39, 0.29) is 24.7 Å². The van der Waals surface area contributed by atoms with Crippen LogP contribution in [0.15, 0.2) is 88.1 Å². The lowest BCUT2D eigenvalue weighted by Crippen LogP contribution is -2.48.